The van der Waals surface area contributed by atoms with Gasteiger partial charge >= 0.3 is 0 Å². The van der Waals surface area contributed by atoms with Crippen molar-refractivity contribution in [2.24, 2.45) is 0 Å². The summed E-state index contributed by atoms with van der Waals surface area (Å²) in [6.07, 6.45) is 78.6. The van der Waals surface area contributed by atoms with Gasteiger partial charge in [0.15, 0.2) is 6.29 Å². The fraction of sp³-hybridized carbons (Fsp3) is 0.561. The minimum Gasteiger partial charge on any atom is -0.394 e. The molecule has 0 saturated carbocycles. The minimum absolute atomic E-state index is 0.221. The third kappa shape index (κ3) is 42.4. The first-order chi connectivity index (χ1) is 36.8. The molecule has 0 aliphatic carbocycles. The maximum Gasteiger partial charge on any atom is 0.220 e. The number of nitrogens with one attached hydrogen (secondary N) is 1. The second-order valence-corrected chi connectivity index (χ2v) is 19.0. The first kappa shape index (κ1) is 68.6. The topological polar surface area (TPSA) is 149 Å². The van der Waals surface area contributed by atoms with Crippen molar-refractivity contribution in [3.05, 3.63) is 170 Å². The lowest BCUT2D eigenvalue weighted by Crippen LogP contribution is -2.60. The summed E-state index contributed by atoms with van der Waals surface area (Å²) < 4.78 is 11.2. The molecule has 0 spiro atoms. The summed E-state index contributed by atoms with van der Waals surface area (Å²) in [5, 5.41) is 54.2. The van der Waals surface area contributed by atoms with Crippen LogP contribution in [0.3, 0.4) is 0 Å². The van der Waals surface area contributed by atoms with Crippen molar-refractivity contribution < 1.29 is 39.8 Å². The number of carbonyl (C=O) groups excluding carboxylic acids is 1. The van der Waals surface area contributed by atoms with Gasteiger partial charge in [-0.25, -0.2) is 0 Å². The molecule has 420 valence electrons. The number of allylic oxidation sites excluding steroid dienone is 27. The Balaban J connectivity index is 2.19. The van der Waals surface area contributed by atoms with Gasteiger partial charge in [0.2, 0.25) is 5.91 Å². The molecule has 1 heterocycles. The lowest BCUT2D eigenvalue weighted by molar-refractivity contribution is -0.302. The van der Waals surface area contributed by atoms with Crippen LogP contribution in [0, 0.1) is 0 Å². The van der Waals surface area contributed by atoms with E-state index in [4.69, 9.17) is 9.47 Å². The predicted molar refractivity (Wildman–Crippen MR) is 317 cm³/mol. The molecule has 9 heteroatoms. The van der Waals surface area contributed by atoms with Crippen LogP contribution in [0.4, 0.5) is 0 Å². The summed E-state index contributed by atoms with van der Waals surface area (Å²) in [6, 6.07) is -0.847. The highest BCUT2D eigenvalue weighted by molar-refractivity contribution is 5.76. The molecule has 6 N–H and O–H groups in total. The van der Waals surface area contributed by atoms with E-state index >= 15 is 0 Å². The molecule has 0 bridgehead atoms. The fourth-order valence-corrected chi connectivity index (χ4v) is 7.74. The maximum absolute atomic E-state index is 13.0. The number of rotatable bonds is 46. The van der Waals surface area contributed by atoms with Crippen molar-refractivity contribution in [1.29, 1.82) is 0 Å². The quantitative estimate of drug-likeness (QED) is 0.0261. The van der Waals surface area contributed by atoms with E-state index in [1.807, 2.05) is 6.08 Å². The second-order valence-electron chi connectivity index (χ2n) is 19.0. The minimum atomic E-state index is -1.59. The molecule has 1 fully saturated rings. The molecular weight excluding hydrogens is 935 g/mol. The van der Waals surface area contributed by atoms with Crippen LogP contribution in [-0.4, -0.2) is 87.5 Å². The van der Waals surface area contributed by atoms with Gasteiger partial charge < -0.3 is 40.3 Å². The van der Waals surface area contributed by atoms with Gasteiger partial charge in [-0.1, -0.05) is 223 Å². The third-order valence-electron chi connectivity index (χ3n) is 12.3. The predicted octanol–water partition coefficient (Wildman–Crippen LogP) is 14.6. The molecule has 7 unspecified atom stereocenters. The number of aliphatic hydroxyl groups excluding tert-OH is 5. The zero-order valence-electron chi connectivity index (χ0n) is 46.5. The van der Waals surface area contributed by atoms with Gasteiger partial charge in [0.05, 0.1) is 25.4 Å². The lowest BCUT2D eigenvalue weighted by atomic mass is 9.99. The number of ether oxygens (including phenoxy) is 2. The normalized spacial score (nSPS) is 20.2. The van der Waals surface area contributed by atoms with Gasteiger partial charge in [0, 0.05) is 6.42 Å². The largest absolute Gasteiger partial charge is 0.394 e. The number of aliphatic hydroxyl groups is 5. The van der Waals surface area contributed by atoms with Crippen LogP contribution in [0.15, 0.2) is 170 Å². The highest BCUT2D eigenvalue weighted by Crippen LogP contribution is 2.22. The van der Waals surface area contributed by atoms with E-state index in [-0.39, 0.29) is 12.5 Å². The van der Waals surface area contributed by atoms with Crippen molar-refractivity contribution in [2.75, 3.05) is 13.2 Å². The van der Waals surface area contributed by atoms with Crippen molar-refractivity contribution in [3.63, 3.8) is 0 Å². The smallest absolute Gasteiger partial charge is 0.220 e. The fourth-order valence-electron chi connectivity index (χ4n) is 7.74. The Kier molecular flexibility index (Phi) is 48.4. The first-order valence-electron chi connectivity index (χ1n) is 28.9. The molecule has 1 rings (SSSR count). The summed E-state index contributed by atoms with van der Waals surface area (Å²) in [4.78, 5) is 13.0. The molecule has 1 amide bonds. The molecule has 0 aromatic carbocycles. The van der Waals surface area contributed by atoms with Crippen LogP contribution in [-0.2, 0) is 14.3 Å². The van der Waals surface area contributed by atoms with Gasteiger partial charge in [0.1, 0.15) is 24.4 Å². The first-order valence-corrected chi connectivity index (χ1v) is 28.9. The number of hydrogen-bond acceptors (Lipinski definition) is 8. The highest BCUT2D eigenvalue weighted by Gasteiger charge is 2.44. The molecule has 1 saturated heterocycles. The molecule has 1 aliphatic rings. The standard InChI is InChI=1S/C66H103NO8/c1-3-5-7-9-11-13-15-16-17-18-19-20-21-22-23-24-25-26-27-28-29-30-31-32-33-34-35-36-37-38-39-40-41-42-43-44-46-48-50-52-54-56-62(70)67-59(58-74-66-65(73)64(72)63(71)61(57-68)75-66)60(69)55-53-51-49-47-45-14-12-10-8-6-4-2/h5,7,11,13,16-17,19-20,22-23,25-26,28-29,31-32,34-35,37-38,40-41,43-45,47,53,55,59-61,63-66,68-69,71-73H,3-4,6,8-10,12,14-15,18,21,24,27,30,33,36,39,42,46,48-52,54,56-58H2,1-2H3,(H,67,70)/b7-5-,13-11-,17-16-,20-19-,23-22-,26-25-,29-28-,32-31-,35-34-,38-37-,41-40-,44-43-,47-45+,55-53+. The Morgan fingerprint density at radius 1 is 0.467 bits per heavy atom. The Morgan fingerprint density at radius 2 is 0.840 bits per heavy atom. The Hall–Kier alpha value is -4.45. The Bertz CT molecular complexity index is 1770. The summed E-state index contributed by atoms with van der Waals surface area (Å²) in [7, 11) is 0. The van der Waals surface area contributed by atoms with Crippen molar-refractivity contribution >= 4 is 5.91 Å². The third-order valence-corrected chi connectivity index (χ3v) is 12.3. The molecule has 0 aromatic heterocycles. The van der Waals surface area contributed by atoms with Crippen molar-refractivity contribution in [2.45, 2.75) is 224 Å². The van der Waals surface area contributed by atoms with Gasteiger partial charge in [-0.15, -0.1) is 0 Å². The van der Waals surface area contributed by atoms with Gasteiger partial charge in [-0.3, -0.25) is 4.79 Å². The van der Waals surface area contributed by atoms with Crippen LogP contribution >= 0.6 is 0 Å². The summed E-state index contributed by atoms with van der Waals surface area (Å²) in [6.45, 7) is 3.57. The van der Waals surface area contributed by atoms with Crippen LogP contribution in [0.1, 0.15) is 181 Å². The van der Waals surface area contributed by atoms with E-state index in [1.165, 1.54) is 32.1 Å². The highest BCUT2D eigenvalue weighted by atomic mass is 16.7. The zero-order valence-corrected chi connectivity index (χ0v) is 46.5. The van der Waals surface area contributed by atoms with Crippen molar-refractivity contribution in [1.82, 2.24) is 5.32 Å². The van der Waals surface area contributed by atoms with Crippen LogP contribution in [0.25, 0.3) is 0 Å². The van der Waals surface area contributed by atoms with Gasteiger partial charge in [-0.05, 0) is 122 Å². The van der Waals surface area contributed by atoms with E-state index in [1.54, 1.807) is 6.08 Å². The maximum atomic E-state index is 13.0. The van der Waals surface area contributed by atoms with E-state index < -0.39 is 49.5 Å². The molecule has 1 aliphatic heterocycles. The second kappa shape index (κ2) is 53.0. The van der Waals surface area contributed by atoms with E-state index in [0.717, 1.165) is 122 Å². The average molecular weight is 1040 g/mol. The number of amides is 1. The molecule has 75 heavy (non-hydrogen) atoms. The zero-order chi connectivity index (χ0) is 54.3. The SMILES string of the molecule is CC/C=C\C/C=C\C/C=C\C/C=C\C/C=C\C/C=C\C/C=C\C/C=C\C/C=C\C/C=C\C/C=C\C/C=C\CCCCCCC(=O)NC(COC1OC(CO)C(O)C(O)C1O)C(O)/C=C/CC/C=C/CCCCCCC. The Morgan fingerprint density at radius 3 is 1.27 bits per heavy atom. The number of hydrogen-bond donors (Lipinski definition) is 6. The van der Waals surface area contributed by atoms with Crippen LogP contribution < -0.4 is 5.32 Å². The summed E-state index contributed by atoms with van der Waals surface area (Å²) in [5.41, 5.74) is 0. The molecule has 0 radical (unpaired) electrons. The van der Waals surface area contributed by atoms with E-state index in [9.17, 15) is 30.3 Å². The molecular formula is C66H103NO8. The van der Waals surface area contributed by atoms with Crippen LogP contribution in [0.2, 0.25) is 0 Å². The van der Waals surface area contributed by atoms with Crippen LogP contribution in [0.5, 0.6) is 0 Å². The average Bonchev–Trinajstić information content (AvgIpc) is 3.41. The Labute approximate surface area is 456 Å². The number of carbonyl (C=O) groups is 1. The van der Waals surface area contributed by atoms with Gasteiger partial charge in [0.25, 0.3) is 0 Å². The monoisotopic (exact) mass is 1040 g/mol. The van der Waals surface area contributed by atoms with Gasteiger partial charge in [-0.2, -0.15) is 0 Å². The summed E-state index contributed by atoms with van der Waals surface area (Å²) >= 11 is 0. The number of unbranched alkanes of at least 4 members (excludes halogenated alkanes) is 10. The molecule has 9 nitrogen and oxygen atoms in total. The molecule has 7 atom stereocenters. The van der Waals surface area contributed by atoms with E-state index in [0.29, 0.717) is 12.8 Å². The summed E-state index contributed by atoms with van der Waals surface area (Å²) in [5.74, 6) is -0.221. The lowest BCUT2D eigenvalue weighted by Gasteiger charge is -2.40. The molecule has 0 aromatic rings. The van der Waals surface area contributed by atoms with E-state index in [2.05, 4.69) is 177 Å². The van der Waals surface area contributed by atoms with Crippen molar-refractivity contribution in [3.8, 4) is 0 Å².